The molecule has 2 aliphatic rings. The second kappa shape index (κ2) is 7.28. The van der Waals surface area contributed by atoms with E-state index < -0.39 is 0 Å². The fraction of sp³-hybridized carbons (Fsp3) is 0.381. The summed E-state index contributed by atoms with van der Waals surface area (Å²) in [6.07, 6.45) is 5.53. The molecule has 1 atom stereocenters. The summed E-state index contributed by atoms with van der Waals surface area (Å²) < 4.78 is 5.77. The van der Waals surface area contributed by atoms with Gasteiger partial charge >= 0.3 is 0 Å². The van der Waals surface area contributed by atoms with Crippen LogP contribution in [0.4, 0.5) is 11.4 Å². The van der Waals surface area contributed by atoms with Gasteiger partial charge in [-0.25, -0.2) is 0 Å². The molecule has 2 aliphatic heterocycles. The number of nitrogens with one attached hydrogen (secondary N) is 1. The van der Waals surface area contributed by atoms with Gasteiger partial charge in [0.2, 0.25) is 6.41 Å². The van der Waals surface area contributed by atoms with E-state index in [1.54, 1.807) is 0 Å². The molecule has 4 rings (SSSR count). The topological polar surface area (TPSA) is 41.6 Å². The maximum Gasteiger partial charge on any atom is 0.211 e. The summed E-state index contributed by atoms with van der Waals surface area (Å²) in [5, 5.41) is 2.74. The Morgan fingerprint density at radius 3 is 2.80 bits per heavy atom. The minimum absolute atomic E-state index is 0.286. The Morgan fingerprint density at radius 1 is 1.16 bits per heavy atom. The molecule has 2 aromatic carbocycles. The third-order valence-corrected chi connectivity index (χ3v) is 5.17. The van der Waals surface area contributed by atoms with Gasteiger partial charge in [0.1, 0.15) is 0 Å². The van der Waals surface area contributed by atoms with Crippen molar-refractivity contribution >= 4 is 17.8 Å². The largest absolute Gasteiger partial charge is 0.374 e. The highest BCUT2D eigenvalue weighted by Gasteiger charge is 2.19. The molecule has 4 nitrogen and oxygen atoms in total. The summed E-state index contributed by atoms with van der Waals surface area (Å²) in [7, 11) is 0. The third kappa shape index (κ3) is 3.54. The number of hydrogen-bond donors (Lipinski definition) is 1. The summed E-state index contributed by atoms with van der Waals surface area (Å²) in [6.45, 7) is 2.87. The fourth-order valence-electron chi connectivity index (χ4n) is 3.90. The van der Waals surface area contributed by atoms with Crippen LogP contribution >= 0.6 is 0 Å². The van der Waals surface area contributed by atoms with Crippen molar-refractivity contribution in [1.29, 1.82) is 0 Å². The summed E-state index contributed by atoms with van der Waals surface area (Å²) >= 11 is 0. The number of anilines is 2. The molecule has 1 unspecified atom stereocenters. The van der Waals surface area contributed by atoms with Crippen LogP contribution in [0.2, 0.25) is 0 Å². The first-order chi connectivity index (χ1) is 12.3. The van der Waals surface area contributed by atoms with Crippen LogP contribution in [0.1, 0.15) is 42.1 Å². The van der Waals surface area contributed by atoms with Gasteiger partial charge < -0.3 is 15.0 Å². The molecule has 25 heavy (non-hydrogen) atoms. The third-order valence-electron chi connectivity index (χ3n) is 5.17. The molecule has 0 aromatic heterocycles. The van der Waals surface area contributed by atoms with E-state index in [9.17, 15) is 4.79 Å². The van der Waals surface area contributed by atoms with Gasteiger partial charge in [-0.1, -0.05) is 24.3 Å². The van der Waals surface area contributed by atoms with Gasteiger partial charge in [-0.15, -0.1) is 0 Å². The van der Waals surface area contributed by atoms with Crippen LogP contribution < -0.4 is 10.2 Å². The lowest BCUT2D eigenvalue weighted by Gasteiger charge is -2.32. The molecule has 1 N–H and O–H groups in total. The lowest BCUT2D eigenvalue weighted by molar-refractivity contribution is -0.105. The van der Waals surface area contributed by atoms with Gasteiger partial charge in [0.05, 0.1) is 6.10 Å². The van der Waals surface area contributed by atoms with Gasteiger partial charge in [-0.3, -0.25) is 4.79 Å². The second-order valence-corrected chi connectivity index (χ2v) is 6.87. The van der Waals surface area contributed by atoms with Crippen molar-refractivity contribution in [3.05, 3.63) is 59.2 Å². The molecule has 130 valence electrons. The van der Waals surface area contributed by atoms with Crippen LogP contribution in [-0.2, 0) is 22.5 Å². The molecule has 2 aromatic rings. The number of ether oxygens (including phenoxy) is 1. The summed E-state index contributed by atoms with van der Waals surface area (Å²) in [6, 6.07) is 15.1. The number of nitrogens with zero attached hydrogens (tertiary/aromatic N) is 1. The predicted molar refractivity (Wildman–Crippen MR) is 99.9 cm³/mol. The molecule has 0 spiro atoms. The van der Waals surface area contributed by atoms with E-state index in [4.69, 9.17) is 4.74 Å². The molecule has 2 heterocycles. The van der Waals surface area contributed by atoms with Gasteiger partial charge in [0.15, 0.2) is 0 Å². The fourth-order valence-corrected chi connectivity index (χ4v) is 3.90. The van der Waals surface area contributed by atoms with Crippen molar-refractivity contribution in [3.8, 4) is 0 Å². The normalized spacial score (nSPS) is 19.5. The number of carbonyl (C=O) groups is 1. The standard InChI is InChI=1S/C21H24N2O2/c24-15-22-19-9-10-20-18(13-19)3-1-11-23(20)14-16-5-7-17(8-6-16)21-4-2-12-25-21/h5-10,13,15,21H,1-4,11-12,14H2,(H,22,24). The van der Waals surface area contributed by atoms with Gasteiger partial charge in [0, 0.05) is 31.1 Å². The number of hydrogen-bond acceptors (Lipinski definition) is 3. The molecular weight excluding hydrogens is 312 g/mol. The van der Waals surface area contributed by atoms with Crippen LogP contribution in [-0.4, -0.2) is 19.6 Å². The zero-order chi connectivity index (χ0) is 17.1. The number of aryl methyl sites for hydroxylation is 1. The van der Waals surface area contributed by atoms with E-state index in [1.807, 2.05) is 6.07 Å². The van der Waals surface area contributed by atoms with Crippen LogP contribution in [0.5, 0.6) is 0 Å². The number of carbonyl (C=O) groups excluding carboxylic acids is 1. The minimum Gasteiger partial charge on any atom is -0.374 e. The first-order valence-electron chi connectivity index (χ1n) is 9.12. The Balaban J connectivity index is 1.49. The van der Waals surface area contributed by atoms with Crippen LogP contribution in [0.3, 0.4) is 0 Å². The van der Waals surface area contributed by atoms with Crippen LogP contribution in [0.15, 0.2) is 42.5 Å². The maximum absolute atomic E-state index is 10.6. The monoisotopic (exact) mass is 336 g/mol. The summed E-state index contributed by atoms with van der Waals surface area (Å²) in [5.41, 5.74) is 6.09. The zero-order valence-electron chi connectivity index (χ0n) is 14.4. The number of fused-ring (bicyclic) bond motifs is 1. The zero-order valence-corrected chi connectivity index (χ0v) is 14.4. The number of benzene rings is 2. The van der Waals surface area contributed by atoms with Gasteiger partial charge in [-0.2, -0.15) is 0 Å². The van der Waals surface area contributed by atoms with E-state index in [1.165, 1.54) is 22.4 Å². The molecule has 1 amide bonds. The number of amides is 1. The average molecular weight is 336 g/mol. The predicted octanol–water partition coefficient (Wildman–Crippen LogP) is 4.06. The van der Waals surface area contributed by atoms with Crippen LogP contribution in [0, 0.1) is 0 Å². The van der Waals surface area contributed by atoms with Crippen LogP contribution in [0.25, 0.3) is 0 Å². The van der Waals surface area contributed by atoms with E-state index in [0.29, 0.717) is 0 Å². The van der Waals surface area contributed by atoms with E-state index >= 15 is 0 Å². The van der Waals surface area contributed by atoms with Crippen molar-refractivity contribution in [2.24, 2.45) is 0 Å². The molecular formula is C21H24N2O2. The molecule has 0 radical (unpaired) electrons. The summed E-state index contributed by atoms with van der Waals surface area (Å²) in [4.78, 5) is 13.1. The van der Waals surface area contributed by atoms with Gasteiger partial charge in [0.25, 0.3) is 0 Å². The highest BCUT2D eigenvalue weighted by Crippen LogP contribution is 2.32. The van der Waals surface area contributed by atoms with Crippen molar-refractivity contribution < 1.29 is 9.53 Å². The Kier molecular flexibility index (Phi) is 4.70. The molecule has 0 saturated carbocycles. The highest BCUT2D eigenvalue weighted by atomic mass is 16.5. The lowest BCUT2D eigenvalue weighted by Crippen LogP contribution is -2.28. The van der Waals surface area contributed by atoms with Crippen molar-refractivity contribution in [1.82, 2.24) is 0 Å². The smallest absolute Gasteiger partial charge is 0.211 e. The number of rotatable bonds is 5. The highest BCUT2D eigenvalue weighted by molar-refractivity contribution is 5.74. The minimum atomic E-state index is 0.286. The lowest BCUT2D eigenvalue weighted by atomic mass is 9.99. The van der Waals surface area contributed by atoms with Gasteiger partial charge in [-0.05, 0) is 60.6 Å². The first-order valence-corrected chi connectivity index (χ1v) is 9.12. The Morgan fingerprint density at radius 2 is 2.04 bits per heavy atom. The Bertz CT molecular complexity index is 736. The molecule has 0 aliphatic carbocycles. The van der Waals surface area contributed by atoms with Crippen molar-refractivity contribution in [3.63, 3.8) is 0 Å². The van der Waals surface area contributed by atoms with Crippen molar-refractivity contribution in [2.45, 2.75) is 38.3 Å². The summed E-state index contributed by atoms with van der Waals surface area (Å²) in [5.74, 6) is 0. The van der Waals surface area contributed by atoms with E-state index in [0.717, 1.165) is 57.5 Å². The molecule has 0 bridgehead atoms. The van der Waals surface area contributed by atoms with Crippen molar-refractivity contribution in [2.75, 3.05) is 23.4 Å². The quantitative estimate of drug-likeness (QED) is 0.837. The Labute approximate surface area is 148 Å². The van der Waals surface area contributed by atoms with E-state index in [-0.39, 0.29) is 6.10 Å². The first kappa shape index (κ1) is 16.2. The second-order valence-electron chi connectivity index (χ2n) is 6.87. The molecule has 1 saturated heterocycles. The average Bonchev–Trinajstić information content (AvgIpc) is 3.17. The Hall–Kier alpha value is -2.33. The molecule has 1 fully saturated rings. The maximum atomic E-state index is 10.6. The molecule has 4 heteroatoms. The SMILES string of the molecule is O=CNc1ccc2c(c1)CCCN2Cc1ccc(C2CCCO2)cc1. The van der Waals surface area contributed by atoms with E-state index in [2.05, 4.69) is 46.6 Å².